The van der Waals surface area contributed by atoms with E-state index in [-0.39, 0.29) is 5.41 Å². The van der Waals surface area contributed by atoms with Crippen LogP contribution in [0.4, 0.5) is 0 Å². The predicted molar refractivity (Wildman–Crippen MR) is 56.4 cm³/mol. The molecule has 1 aliphatic carbocycles. The average Bonchev–Trinajstić information content (AvgIpc) is 2.52. The third-order valence-corrected chi connectivity index (χ3v) is 3.25. The molecule has 1 aromatic heterocycles. The molecule has 0 saturated heterocycles. The van der Waals surface area contributed by atoms with Gasteiger partial charge in [-0.15, -0.1) is 0 Å². The van der Waals surface area contributed by atoms with Gasteiger partial charge in [-0.05, 0) is 31.9 Å². The Bertz CT molecular complexity index is 353. The van der Waals surface area contributed by atoms with Crippen LogP contribution in [-0.4, -0.2) is 10.8 Å². The Morgan fingerprint density at radius 3 is 2.79 bits per heavy atom. The lowest BCUT2D eigenvalue weighted by atomic mass is 9.73. The van der Waals surface area contributed by atoms with E-state index in [1.54, 1.807) is 0 Å². The number of aromatic amines is 1. The molecule has 1 saturated carbocycles. The highest BCUT2D eigenvalue weighted by atomic mass is 16.1. The number of hydrogen-bond acceptors (Lipinski definition) is 1. The van der Waals surface area contributed by atoms with Crippen LogP contribution in [0, 0.1) is 6.92 Å². The van der Waals surface area contributed by atoms with Gasteiger partial charge in [0.2, 0.25) is 0 Å². The molecule has 0 aliphatic heterocycles. The lowest BCUT2D eigenvalue weighted by molar-refractivity contribution is -0.121. The minimum atomic E-state index is 0.0591. The van der Waals surface area contributed by atoms with E-state index < -0.39 is 0 Å². The number of ketones is 1. The number of hydrogen-bond donors (Lipinski definition) is 1. The van der Waals surface area contributed by atoms with Gasteiger partial charge >= 0.3 is 0 Å². The molecule has 1 aromatic rings. The van der Waals surface area contributed by atoms with Crippen molar-refractivity contribution in [1.29, 1.82) is 0 Å². The summed E-state index contributed by atoms with van der Waals surface area (Å²) in [5.41, 5.74) is 2.46. The normalized spacial score (nSPS) is 28.0. The minimum absolute atomic E-state index is 0.0591. The van der Waals surface area contributed by atoms with Crippen LogP contribution < -0.4 is 0 Å². The fraction of sp³-hybridized carbons (Fsp3) is 0.583. The Morgan fingerprint density at radius 1 is 1.43 bits per heavy atom. The third kappa shape index (κ3) is 1.61. The lowest BCUT2D eigenvalue weighted by Gasteiger charge is -2.31. The van der Waals surface area contributed by atoms with Gasteiger partial charge in [-0.3, -0.25) is 4.79 Å². The van der Waals surface area contributed by atoms with Crippen molar-refractivity contribution in [3.05, 3.63) is 23.5 Å². The van der Waals surface area contributed by atoms with Crippen LogP contribution in [-0.2, 0) is 10.2 Å². The van der Waals surface area contributed by atoms with Gasteiger partial charge in [-0.1, -0.05) is 6.92 Å². The van der Waals surface area contributed by atoms with Crippen LogP contribution in [0.3, 0.4) is 0 Å². The van der Waals surface area contributed by atoms with Gasteiger partial charge in [-0.25, -0.2) is 0 Å². The fourth-order valence-corrected chi connectivity index (χ4v) is 2.37. The molecule has 1 unspecified atom stereocenters. The second kappa shape index (κ2) is 3.26. The first-order valence-corrected chi connectivity index (χ1v) is 5.28. The van der Waals surface area contributed by atoms with Gasteiger partial charge in [0, 0.05) is 29.6 Å². The number of aromatic nitrogens is 1. The minimum Gasteiger partial charge on any atom is -0.362 e. The molecule has 2 heteroatoms. The molecule has 1 fully saturated rings. The Labute approximate surface area is 84.7 Å². The Balaban J connectivity index is 2.26. The maximum Gasteiger partial charge on any atom is 0.133 e. The van der Waals surface area contributed by atoms with Crippen molar-refractivity contribution in [2.24, 2.45) is 0 Å². The number of Topliss-reactive ketones (excluding diaryl/α,β-unsaturated/α-hetero) is 1. The summed E-state index contributed by atoms with van der Waals surface area (Å²) in [5, 5.41) is 0. The summed E-state index contributed by atoms with van der Waals surface area (Å²) < 4.78 is 0. The van der Waals surface area contributed by atoms with Crippen LogP contribution in [0.25, 0.3) is 0 Å². The largest absolute Gasteiger partial charge is 0.362 e. The molecule has 0 amide bonds. The standard InChI is InChI=1S/C12H17NO/c1-9-5-6-11(13-9)12(2)7-3-4-10(14)8-12/h5-6,13H,3-4,7-8H2,1-2H3. The molecule has 0 spiro atoms. The van der Waals surface area contributed by atoms with E-state index in [0.717, 1.165) is 19.3 Å². The number of carbonyl (C=O) groups is 1. The highest BCUT2D eigenvalue weighted by molar-refractivity contribution is 5.80. The van der Waals surface area contributed by atoms with E-state index in [0.29, 0.717) is 12.2 Å². The van der Waals surface area contributed by atoms with E-state index >= 15 is 0 Å². The summed E-state index contributed by atoms with van der Waals surface area (Å²) >= 11 is 0. The fourth-order valence-electron chi connectivity index (χ4n) is 2.37. The van der Waals surface area contributed by atoms with Crippen molar-refractivity contribution in [2.75, 3.05) is 0 Å². The predicted octanol–water partition coefficient (Wildman–Crippen LogP) is 2.72. The first kappa shape index (κ1) is 9.50. The van der Waals surface area contributed by atoms with Crippen LogP contribution in [0.2, 0.25) is 0 Å². The molecule has 2 rings (SSSR count). The highest BCUT2D eigenvalue weighted by Crippen LogP contribution is 2.36. The zero-order valence-corrected chi connectivity index (χ0v) is 8.89. The van der Waals surface area contributed by atoms with Gasteiger partial charge in [0.25, 0.3) is 0 Å². The summed E-state index contributed by atoms with van der Waals surface area (Å²) in [4.78, 5) is 14.8. The summed E-state index contributed by atoms with van der Waals surface area (Å²) in [7, 11) is 0. The molecular formula is C12H17NO. The summed E-state index contributed by atoms with van der Waals surface area (Å²) in [6, 6.07) is 4.20. The molecule has 1 atom stereocenters. The van der Waals surface area contributed by atoms with Gasteiger partial charge in [0.15, 0.2) is 0 Å². The van der Waals surface area contributed by atoms with Crippen LogP contribution >= 0.6 is 0 Å². The number of rotatable bonds is 1. The molecule has 1 aliphatic rings. The molecule has 0 bridgehead atoms. The zero-order valence-electron chi connectivity index (χ0n) is 8.89. The molecule has 14 heavy (non-hydrogen) atoms. The third-order valence-electron chi connectivity index (χ3n) is 3.25. The second-order valence-corrected chi connectivity index (χ2v) is 4.68. The van der Waals surface area contributed by atoms with Crippen molar-refractivity contribution in [3.8, 4) is 0 Å². The molecule has 0 radical (unpaired) electrons. The summed E-state index contributed by atoms with van der Waals surface area (Å²) in [6.45, 7) is 4.24. The SMILES string of the molecule is Cc1ccc(C2(C)CCCC(=O)C2)[nH]1. The maximum atomic E-state index is 11.4. The monoisotopic (exact) mass is 191 g/mol. The Kier molecular flexibility index (Phi) is 2.22. The van der Waals surface area contributed by atoms with Crippen molar-refractivity contribution in [2.45, 2.75) is 44.9 Å². The number of nitrogens with one attached hydrogen (secondary N) is 1. The Morgan fingerprint density at radius 2 is 2.21 bits per heavy atom. The summed E-state index contributed by atoms with van der Waals surface area (Å²) in [5.74, 6) is 0.408. The smallest absolute Gasteiger partial charge is 0.133 e. The number of carbonyl (C=O) groups excluding carboxylic acids is 1. The van der Waals surface area contributed by atoms with E-state index in [1.165, 1.54) is 11.4 Å². The average molecular weight is 191 g/mol. The first-order valence-electron chi connectivity index (χ1n) is 5.28. The van der Waals surface area contributed by atoms with Crippen molar-refractivity contribution < 1.29 is 4.79 Å². The molecule has 2 nitrogen and oxygen atoms in total. The van der Waals surface area contributed by atoms with Gasteiger partial charge in [0.1, 0.15) is 5.78 Å². The molecule has 76 valence electrons. The number of H-pyrrole nitrogens is 1. The van der Waals surface area contributed by atoms with Crippen LogP contribution in [0.1, 0.15) is 44.0 Å². The molecule has 1 heterocycles. The number of aryl methyl sites for hydroxylation is 1. The van der Waals surface area contributed by atoms with E-state index in [2.05, 4.69) is 31.0 Å². The molecule has 1 N–H and O–H groups in total. The topological polar surface area (TPSA) is 32.9 Å². The van der Waals surface area contributed by atoms with E-state index in [9.17, 15) is 4.79 Å². The second-order valence-electron chi connectivity index (χ2n) is 4.68. The zero-order chi connectivity index (χ0) is 10.2. The highest BCUT2D eigenvalue weighted by Gasteiger charge is 2.33. The maximum absolute atomic E-state index is 11.4. The van der Waals surface area contributed by atoms with E-state index in [4.69, 9.17) is 0 Å². The van der Waals surface area contributed by atoms with Gasteiger partial charge < -0.3 is 4.98 Å². The van der Waals surface area contributed by atoms with Gasteiger partial charge in [0.05, 0.1) is 0 Å². The van der Waals surface area contributed by atoms with Crippen LogP contribution in [0.5, 0.6) is 0 Å². The van der Waals surface area contributed by atoms with Crippen molar-refractivity contribution in [3.63, 3.8) is 0 Å². The first-order chi connectivity index (χ1) is 6.60. The lowest BCUT2D eigenvalue weighted by Crippen LogP contribution is -2.30. The Hall–Kier alpha value is -1.05. The van der Waals surface area contributed by atoms with Crippen LogP contribution in [0.15, 0.2) is 12.1 Å². The van der Waals surface area contributed by atoms with Crippen molar-refractivity contribution in [1.82, 2.24) is 4.98 Å². The quantitative estimate of drug-likeness (QED) is 0.727. The summed E-state index contributed by atoms with van der Waals surface area (Å²) in [6.07, 6.45) is 3.63. The van der Waals surface area contributed by atoms with E-state index in [1.807, 2.05) is 0 Å². The van der Waals surface area contributed by atoms with Crippen molar-refractivity contribution >= 4 is 5.78 Å². The molecule has 0 aromatic carbocycles. The van der Waals surface area contributed by atoms with Gasteiger partial charge in [-0.2, -0.15) is 0 Å². The molecular weight excluding hydrogens is 174 g/mol.